The van der Waals surface area contributed by atoms with E-state index in [2.05, 4.69) is 118 Å². The van der Waals surface area contributed by atoms with Crippen LogP contribution >= 0.6 is 0 Å². The van der Waals surface area contributed by atoms with E-state index in [0.717, 1.165) is 11.5 Å². The maximum atomic E-state index is 3.02. The van der Waals surface area contributed by atoms with Gasteiger partial charge in [-0.2, -0.15) is 0 Å². The molecule has 4 aliphatic carbocycles. The van der Waals surface area contributed by atoms with E-state index >= 15 is 0 Å². The van der Waals surface area contributed by atoms with Crippen molar-refractivity contribution in [2.24, 2.45) is 23.2 Å². The molecule has 1 aromatic rings. The number of fused-ring (bicyclic) bond motifs is 5. The Kier molecular flexibility index (Phi) is 15.1. The second-order valence-corrected chi connectivity index (χ2v) is 27.2. The SMILES string of the molecule is CCCCCCCCCCCCCCC1(C)Cc2cc3c(cc2C1)C(CCCC)(CCCC)C1=CC2CC(C)C([Si](C)(C)N(C(C)(C)C)C(C)(C)C)C2C=C13. The maximum Gasteiger partial charge on any atom is 0.127 e. The van der Waals surface area contributed by atoms with Crippen LogP contribution in [-0.2, 0) is 18.3 Å². The molecule has 0 spiro atoms. The molecule has 0 heterocycles. The topological polar surface area (TPSA) is 3.24 Å². The predicted octanol–water partition coefficient (Wildman–Crippen LogP) is 16.6. The number of rotatable bonds is 21. The Bertz CT molecular complexity index is 1440. The van der Waals surface area contributed by atoms with E-state index in [1.165, 1.54) is 141 Å². The minimum atomic E-state index is -1.87. The summed E-state index contributed by atoms with van der Waals surface area (Å²) < 4.78 is 3.02. The zero-order valence-electron chi connectivity index (χ0n) is 39.1. The first kappa shape index (κ1) is 45.0. The van der Waals surface area contributed by atoms with Gasteiger partial charge in [0.15, 0.2) is 0 Å². The van der Waals surface area contributed by atoms with Gasteiger partial charge in [-0.05, 0) is 142 Å². The lowest BCUT2D eigenvalue weighted by atomic mass is 9.68. The predicted molar refractivity (Wildman–Crippen MR) is 248 cm³/mol. The van der Waals surface area contributed by atoms with Gasteiger partial charge < -0.3 is 4.57 Å². The molecule has 0 bridgehead atoms. The zero-order chi connectivity index (χ0) is 40.2. The van der Waals surface area contributed by atoms with E-state index in [1.807, 2.05) is 0 Å². The van der Waals surface area contributed by atoms with Gasteiger partial charge in [-0.25, -0.2) is 0 Å². The van der Waals surface area contributed by atoms with Crippen LogP contribution in [0.4, 0.5) is 0 Å². The van der Waals surface area contributed by atoms with E-state index in [0.29, 0.717) is 17.3 Å². The summed E-state index contributed by atoms with van der Waals surface area (Å²) >= 11 is 0. The molecule has 5 atom stereocenters. The third-order valence-electron chi connectivity index (χ3n) is 15.4. The first-order chi connectivity index (χ1) is 25.9. The van der Waals surface area contributed by atoms with Crippen molar-refractivity contribution in [3.8, 4) is 0 Å². The minimum absolute atomic E-state index is 0.157. The highest BCUT2D eigenvalue weighted by molar-refractivity contribution is 6.76. The van der Waals surface area contributed by atoms with E-state index in [9.17, 15) is 0 Å². The lowest BCUT2D eigenvalue weighted by Crippen LogP contribution is -2.67. The van der Waals surface area contributed by atoms with Crippen molar-refractivity contribution in [3.05, 3.63) is 52.1 Å². The lowest BCUT2D eigenvalue weighted by Gasteiger charge is -2.57. The van der Waals surface area contributed by atoms with Gasteiger partial charge in [-0.15, -0.1) is 0 Å². The Labute approximate surface area is 344 Å². The van der Waals surface area contributed by atoms with E-state index in [1.54, 1.807) is 33.4 Å². The van der Waals surface area contributed by atoms with E-state index in [4.69, 9.17) is 0 Å². The molecule has 2 heteroatoms. The smallest absolute Gasteiger partial charge is 0.127 e. The molecule has 0 radical (unpaired) electrons. The quantitative estimate of drug-likeness (QED) is 0.0889. The average Bonchev–Trinajstić information content (AvgIpc) is 3.68. The molecule has 0 amide bonds. The Morgan fingerprint density at radius 2 is 1.15 bits per heavy atom. The second-order valence-electron chi connectivity index (χ2n) is 22.7. The molecule has 0 aliphatic heterocycles. The zero-order valence-corrected chi connectivity index (χ0v) is 40.1. The fraction of sp³-hybridized carbons (Fsp3) is 0.811. The molecule has 4 aliphatic rings. The highest BCUT2D eigenvalue weighted by Gasteiger charge is 2.57. The fourth-order valence-electron chi connectivity index (χ4n) is 14.0. The van der Waals surface area contributed by atoms with Crippen LogP contribution in [0, 0.1) is 23.2 Å². The Hall–Kier alpha value is -1.12. The Morgan fingerprint density at radius 1 is 0.655 bits per heavy atom. The minimum Gasteiger partial charge on any atom is -0.314 e. The van der Waals surface area contributed by atoms with Crippen LogP contribution in [-0.4, -0.2) is 23.9 Å². The largest absolute Gasteiger partial charge is 0.314 e. The highest BCUT2D eigenvalue weighted by Crippen LogP contribution is 2.64. The van der Waals surface area contributed by atoms with Gasteiger partial charge >= 0.3 is 0 Å². The molecule has 1 saturated carbocycles. The van der Waals surface area contributed by atoms with Crippen molar-refractivity contribution in [3.63, 3.8) is 0 Å². The molecule has 0 saturated heterocycles. The second kappa shape index (κ2) is 18.4. The third-order valence-corrected chi connectivity index (χ3v) is 20.5. The summed E-state index contributed by atoms with van der Waals surface area (Å²) in [5.41, 5.74) is 12.0. The summed E-state index contributed by atoms with van der Waals surface area (Å²) in [7, 11) is -1.87. The van der Waals surface area contributed by atoms with Gasteiger partial charge in [0.05, 0.1) is 0 Å². The van der Waals surface area contributed by atoms with Crippen molar-refractivity contribution in [2.75, 3.05) is 0 Å². The fourth-order valence-corrected chi connectivity index (χ4v) is 20.6. The van der Waals surface area contributed by atoms with Gasteiger partial charge in [0, 0.05) is 16.5 Å². The van der Waals surface area contributed by atoms with Crippen molar-refractivity contribution < 1.29 is 0 Å². The van der Waals surface area contributed by atoms with E-state index in [-0.39, 0.29) is 16.5 Å². The first-order valence-electron chi connectivity index (χ1n) is 24.3. The molecule has 0 aromatic heterocycles. The standard InChI is InChI=1S/C53H91NSi/c1-14-17-20-21-22-23-24-25-26-27-28-29-30-52(11)38-42-34-45-46-37-44-41(33-40(4)49(44)55(12,13)54(50(5,6)7)51(8,9)10)35-47(46)53(31-18-15-2,32-19-16-3)48(45)36-43(42)39-52/h34-37,40-41,44,49H,14-33,38-39H2,1-13H3. The molecule has 55 heavy (non-hydrogen) atoms. The van der Waals surface area contributed by atoms with Crippen LogP contribution < -0.4 is 0 Å². The van der Waals surface area contributed by atoms with Crippen molar-refractivity contribution >= 4 is 13.8 Å². The molecule has 5 unspecified atom stereocenters. The van der Waals surface area contributed by atoms with Crippen LogP contribution in [0.3, 0.4) is 0 Å². The normalized spacial score (nSPS) is 25.9. The average molecular weight is 770 g/mol. The number of benzene rings is 1. The van der Waals surface area contributed by atoms with Crippen molar-refractivity contribution in [1.82, 2.24) is 4.57 Å². The number of nitrogens with zero attached hydrogens (tertiary/aromatic N) is 1. The van der Waals surface area contributed by atoms with Crippen molar-refractivity contribution in [2.45, 2.75) is 253 Å². The molecule has 5 rings (SSSR count). The van der Waals surface area contributed by atoms with Crippen molar-refractivity contribution in [1.29, 1.82) is 0 Å². The monoisotopic (exact) mass is 770 g/mol. The van der Waals surface area contributed by atoms with E-state index < -0.39 is 8.24 Å². The van der Waals surface area contributed by atoms with Gasteiger partial charge in [0.1, 0.15) is 8.24 Å². The highest BCUT2D eigenvalue weighted by atomic mass is 28.3. The van der Waals surface area contributed by atoms with Crippen LogP contribution in [0.1, 0.15) is 227 Å². The summed E-state index contributed by atoms with van der Waals surface area (Å²) in [4.78, 5) is 0. The van der Waals surface area contributed by atoms with Crippen LogP contribution in [0.5, 0.6) is 0 Å². The Morgan fingerprint density at radius 3 is 1.65 bits per heavy atom. The van der Waals surface area contributed by atoms with Crippen LogP contribution in [0.2, 0.25) is 18.6 Å². The molecule has 1 nitrogen and oxygen atoms in total. The summed E-state index contributed by atoms with van der Waals surface area (Å²) in [6.07, 6.45) is 36.4. The van der Waals surface area contributed by atoms with Gasteiger partial charge in [-0.3, -0.25) is 0 Å². The number of hydrogen-bond donors (Lipinski definition) is 0. The molecule has 0 N–H and O–H groups in total. The van der Waals surface area contributed by atoms with Crippen LogP contribution in [0.15, 0.2) is 29.9 Å². The van der Waals surface area contributed by atoms with Gasteiger partial charge in [0.2, 0.25) is 0 Å². The van der Waals surface area contributed by atoms with Crippen LogP contribution in [0.25, 0.3) is 5.57 Å². The number of unbranched alkanes of at least 4 members (excludes halogenated alkanes) is 13. The van der Waals surface area contributed by atoms with Gasteiger partial charge in [-0.1, -0.05) is 175 Å². The first-order valence-corrected chi connectivity index (χ1v) is 27.4. The van der Waals surface area contributed by atoms with Gasteiger partial charge in [0.25, 0.3) is 0 Å². The molecule has 312 valence electrons. The maximum absolute atomic E-state index is 3.02. The Balaban J connectivity index is 1.38. The molecule has 1 fully saturated rings. The number of allylic oxidation sites excluding steroid dienone is 4. The summed E-state index contributed by atoms with van der Waals surface area (Å²) in [6.45, 7) is 32.8. The molecular formula is C53H91NSi. The lowest BCUT2D eigenvalue weighted by molar-refractivity contribution is 0.121. The summed E-state index contributed by atoms with van der Waals surface area (Å²) in [6, 6.07) is 5.60. The summed E-state index contributed by atoms with van der Waals surface area (Å²) in [5, 5.41) is 0. The summed E-state index contributed by atoms with van der Waals surface area (Å²) in [5.74, 6) is 2.11. The molecular weight excluding hydrogens is 679 g/mol. The molecule has 1 aromatic carbocycles. The third kappa shape index (κ3) is 9.85. The number of hydrogen-bond acceptors (Lipinski definition) is 1.